The molecule has 2 unspecified atom stereocenters. The Bertz CT molecular complexity index is 186. The number of hydrogen-bond donors (Lipinski definition) is 0. The molecule has 1 aliphatic heterocycles. The van der Waals surface area contributed by atoms with E-state index in [1.54, 1.807) is 0 Å². The molecule has 1 saturated carbocycles. The second-order valence-corrected chi connectivity index (χ2v) is 4.94. The molecule has 60 valence electrons. The Balaban J connectivity index is 1.98. The van der Waals surface area contributed by atoms with Crippen molar-refractivity contribution in [3.63, 3.8) is 0 Å². The molecular formula is C9H13NS. The molecular weight excluding hydrogens is 154 g/mol. The van der Waals surface area contributed by atoms with Gasteiger partial charge in [-0.2, -0.15) is 17.0 Å². The number of nitriles is 1. The van der Waals surface area contributed by atoms with Gasteiger partial charge in [-0.25, -0.2) is 0 Å². The SMILES string of the molecule is N#CC1CC12CCCSCC2. The molecule has 0 aromatic rings. The molecule has 2 aliphatic rings. The summed E-state index contributed by atoms with van der Waals surface area (Å²) in [6.45, 7) is 0. The van der Waals surface area contributed by atoms with E-state index in [4.69, 9.17) is 5.26 Å². The molecule has 2 rings (SSSR count). The van der Waals surface area contributed by atoms with Crippen molar-refractivity contribution in [2.24, 2.45) is 11.3 Å². The molecule has 1 nitrogen and oxygen atoms in total. The molecule has 0 radical (unpaired) electrons. The van der Waals surface area contributed by atoms with E-state index in [2.05, 4.69) is 17.8 Å². The number of thioether (sulfide) groups is 1. The highest BCUT2D eigenvalue weighted by Gasteiger charge is 2.53. The van der Waals surface area contributed by atoms with E-state index >= 15 is 0 Å². The molecule has 0 N–H and O–H groups in total. The van der Waals surface area contributed by atoms with Crippen molar-refractivity contribution in [3.8, 4) is 6.07 Å². The third-order valence-electron chi connectivity index (χ3n) is 3.05. The molecule has 0 amide bonds. The maximum atomic E-state index is 8.76. The van der Waals surface area contributed by atoms with E-state index < -0.39 is 0 Å². The highest BCUT2D eigenvalue weighted by molar-refractivity contribution is 7.99. The zero-order valence-corrected chi connectivity index (χ0v) is 7.49. The minimum absolute atomic E-state index is 0.418. The largest absolute Gasteiger partial charge is 0.198 e. The lowest BCUT2D eigenvalue weighted by atomic mass is 9.95. The lowest BCUT2D eigenvalue weighted by Gasteiger charge is -2.09. The molecule has 1 spiro atoms. The Kier molecular flexibility index (Phi) is 1.85. The van der Waals surface area contributed by atoms with Crippen LogP contribution in [0, 0.1) is 22.7 Å². The highest BCUT2D eigenvalue weighted by atomic mass is 32.2. The Morgan fingerprint density at radius 3 is 3.00 bits per heavy atom. The lowest BCUT2D eigenvalue weighted by Crippen LogP contribution is -2.02. The van der Waals surface area contributed by atoms with Gasteiger partial charge in [0.2, 0.25) is 0 Å². The van der Waals surface area contributed by atoms with Gasteiger partial charge in [0.15, 0.2) is 0 Å². The van der Waals surface area contributed by atoms with Crippen LogP contribution in [-0.4, -0.2) is 11.5 Å². The second-order valence-electron chi connectivity index (χ2n) is 3.71. The van der Waals surface area contributed by atoms with Crippen molar-refractivity contribution in [1.82, 2.24) is 0 Å². The van der Waals surface area contributed by atoms with Gasteiger partial charge in [0.1, 0.15) is 0 Å². The maximum absolute atomic E-state index is 8.76. The molecule has 2 atom stereocenters. The van der Waals surface area contributed by atoms with E-state index in [1.807, 2.05) is 0 Å². The van der Waals surface area contributed by atoms with Crippen LogP contribution in [0.2, 0.25) is 0 Å². The lowest BCUT2D eigenvalue weighted by molar-refractivity contribution is 0.434. The Morgan fingerprint density at radius 1 is 1.36 bits per heavy atom. The number of rotatable bonds is 0. The van der Waals surface area contributed by atoms with Crippen LogP contribution < -0.4 is 0 Å². The van der Waals surface area contributed by atoms with E-state index in [0.29, 0.717) is 11.3 Å². The zero-order valence-electron chi connectivity index (χ0n) is 6.68. The molecule has 1 heterocycles. The van der Waals surface area contributed by atoms with Crippen molar-refractivity contribution >= 4 is 11.8 Å². The van der Waals surface area contributed by atoms with Crippen molar-refractivity contribution < 1.29 is 0 Å². The summed E-state index contributed by atoms with van der Waals surface area (Å²) >= 11 is 2.06. The second kappa shape index (κ2) is 2.71. The van der Waals surface area contributed by atoms with Crippen molar-refractivity contribution in [2.75, 3.05) is 11.5 Å². The van der Waals surface area contributed by atoms with Gasteiger partial charge in [0.05, 0.1) is 12.0 Å². The summed E-state index contributed by atoms with van der Waals surface area (Å²) in [7, 11) is 0. The van der Waals surface area contributed by atoms with Crippen LogP contribution >= 0.6 is 11.8 Å². The van der Waals surface area contributed by atoms with Crippen molar-refractivity contribution in [2.45, 2.75) is 25.7 Å². The molecule has 1 saturated heterocycles. The summed E-state index contributed by atoms with van der Waals surface area (Å²) in [4.78, 5) is 0. The zero-order chi connectivity index (χ0) is 7.73. The number of nitrogens with zero attached hydrogens (tertiary/aromatic N) is 1. The normalized spacial score (nSPS) is 43.0. The van der Waals surface area contributed by atoms with Gasteiger partial charge >= 0.3 is 0 Å². The summed E-state index contributed by atoms with van der Waals surface area (Å²) in [6.07, 6.45) is 5.15. The van der Waals surface area contributed by atoms with Crippen molar-refractivity contribution in [3.05, 3.63) is 0 Å². The van der Waals surface area contributed by atoms with E-state index in [1.165, 1.54) is 37.2 Å². The van der Waals surface area contributed by atoms with Gasteiger partial charge in [0, 0.05) is 0 Å². The molecule has 11 heavy (non-hydrogen) atoms. The first-order valence-corrected chi connectivity index (χ1v) is 5.50. The van der Waals surface area contributed by atoms with Crippen LogP contribution in [0.15, 0.2) is 0 Å². The van der Waals surface area contributed by atoms with Gasteiger partial charge in [-0.05, 0) is 42.6 Å². The van der Waals surface area contributed by atoms with Crippen LogP contribution in [-0.2, 0) is 0 Å². The van der Waals surface area contributed by atoms with Gasteiger partial charge in [-0.15, -0.1) is 0 Å². The summed E-state index contributed by atoms with van der Waals surface area (Å²) in [6, 6.07) is 2.42. The minimum Gasteiger partial charge on any atom is -0.198 e. The monoisotopic (exact) mass is 167 g/mol. The third-order valence-corrected chi connectivity index (χ3v) is 4.12. The van der Waals surface area contributed by atoms with Crippen LogP contribution in [0.5, 0.6) is 0 Å². The van der Waals surface area contributed by atoms with Gasteiger partial charge < -0.3 is 0 Å². The van der Waals surface area contributed by atoms with Crippen LogP contribution in [0.25, 0.3) is 0 Å². The first kappa shape index (κ1) is 7.49. The van der Waals surface area contributed by atoms with Gasteiger partial charge in [0.25, 0.3) is 0 Å². The first-order valence-electron chi connectivity index (χ1n) is 4.35. The molecule has 2 heteroatoms. The predicted octanol–water partition coefficient (Wildman–Crippen LogP) is 2.43. The predicted molar refractivity (Wildman–Crippen MR) is 47.3 cm³/mol. The van der Waals surface area contributed by atoms with Gasteiger partial charge in [-0.1, -0.05) is 0 Å². The summed E-state index contributed by atoms with van der Waals surface area (Å²) in [5, 5.41) is 8.76. The average Bonchev–Trinajstić information content (AvgIpc) is 2.76. The molecule has 0 bridgehead atoms. The fourth-order valence-electron chi connectivity index (χ4n) is 2.11. The van der Waals surface area contributed by atoms with E-state index in [0.717, 1.165) is 0 Å². The molecule has 0 aromatic heterocycles. The van der Waals surface area contributed by atoms with Gasteiger partial charge in [-0.3, -0.25) is 0 Å². The van der Waals surface area contributed by atoms with Crippen LogP contribution in [0.1, 0.15) is 25.7 Å². The van der Waals surface area contributed by atoms with Crippen LogP contribution in [0.4, 0.5) is 0 Å². The average molecular weight is 167 g/mol. The third kappa shape index (κ3) is 1.27. The highest BCUT2D eigenvalue weighted by Crippen LogP contribution is 2.59. The van der Waals surface area contributed by atoms with E-state index in [9.17, 15) is 0 Å². The quantitative estimate of drug-likeness (QED) is 0.553. The van der Waals surface area contributed by atoms with E-state index in [-0.39, 0.29) is 0 Å². The maximum Gasteiger partial charge on any atom is 0.0661 e. The summed E-state index contributed by atoms with van der Waals surface area (Å²) in [5.74, 6) is 3.03. The molecule has 0 aromatic carbocycles. The van der Waals surface area contributed by atoms with Crippen molar-refractivity contribution in [1.29, 1.82) is 5.26 Å². The summed E-state index contributed by atoms with van der Waals surface area (Å²) in [5.41, 5.74) is 0.498. The number of hydrogen-bond acceptors (Lipinski definition) is 2. The smallest absolute Gasteiger partial charge is 0.0661 e. The Hall–Kier alpha value is -0.160. The Labute approximate surface area is 72.2 Å². The van der Waals surface area contributed by atoms with Crippen LogP contribution in [0.3, 0.4) is 0 Å². The Morgan fingerprint density at radius 2 is 2.27 bits per heavy atom. The fourth-order valence-corrected chi connectivity index (χ4v) is 3.21. The summed E-state index contributed by atoms with van der Waals surface area (Å²) < 4.78 is 0. The first-order chi connectivity index (χ1) is 5.37. The standard InChI is InChI=1S/C9H13NS/c10-7-8-6-9(8)2-1-4-11-5-3-9/h8H,1-6H2. The molecule has 2 fully saturated rings. The topological polar surface area (TPSA) is 23.8 Å². The fraction of sp³-hybridized carbons (Fsp3) is 0.889. The molecule has 1 aliphatic carbocycles. The minimum atomic E-state index is 0.418.